The lowest BCUT2D eigenvalue weighted by atomic mass is 9.97. The number of primary amides is 1. The molecule has 0 radical (unpaired) electrons. The van der Waals surface area contributed by atoms with E-state index in [9.17, 15) is 46.5 Å². The average Bonchev–Trinajstić information content (AvgIpc) is 3.31. The van der Waals surface area contributed by atoms with Crippen LogP contribution in [0.15, 0.2) is 36.4 Å². The van der Waals surface area contributed by atoms with Crippen LogP contribution in [0, 0.1) is 11.3 Å². The maximum Gasteiger partial charge on any atom is 0.312 e. The van der Waals surface area contributed by atoms with Gasteiger partial charge in [-0.05, 0) is 63.6 Å². The van der Waals surface area contributed by atoms with Crippen LogP contribution in [0.5, 0.6) is 0 Å². The van der Waals surface area contributed by atoms with Crippen molar-refractivity contribution in [1.29, 1.82) is 0 Å². The van der Waals surface area contributed by atoms with E-state index in [1.807, 2.05) is 0 Å². The monoisotopic (exact) mass is 708 g/mol. The van der Waals surface area contributed by atoms with Gasteiger partial charge in [-0.3, -0.25) is 38.2 Å². The first-order chi connectivity index (χ1) is 22.7. The number of amides is 7. The van der Waals surface area contributed by atoms with Crippen molar-refractivity contribution >= 4 is 57.3 Å². The van der Waals surface area contributed by atoms with E-state index in [0.717, 1.165) is 12.2 Å². The normalized spacial score (nSPS) is 15.0. The Balaban J connectivity index is 2.16. The maximum atomic E-state index is 13.4. The van der Waals surface area contributed by atoms with Crippen LogP contribution in [0.1, 0.15) is 59.4 Å². The molecule has 0 fully saturated rings. The lowest BCUT2D eigenvalue weighted by molar-refractivity contribution is -0.154. The van der Waals surface area contributed by atoms with Gasteiger partial charge in [0.15, 0.2) is 5.25 Å². The lowest BCUT2D eigenvalue weighted by Crippen LogP contribution is -2.56. The van der Waals surface area contributed by atoms with E-state index < -0.39 is 87.3 Å². The third kappa shape index (κ3) is 12.9. The fourth-order valence-corrected chi connectivity index (χ4v) is 5.16. The van der Waals surface area contributed by atoms with E-state index in [0.29, 0.717) is 16.2 Å². The van der Waals surface area contributed by atoms with Crippen molar-refractivity contribution in [3.05, 3.63) is 42.0 Å². The average molecular weight is 709 g/mol. The molecule has 0 bridgehead atoms. The number of nitrogens with zero attached hydrogens (tertiary/aromatic N) is 1. The summed E-state index contributed by atoms with van der Waals surface area (Å²) >= 11 is 0. The van der Waals surface area contributed by atoms with Gasteiger partial charge in [0.2, 0.25) is 17.7 Å². The summed E-state index contributed by atoms with van der Waals surface area (Å²) in [6, 6.07) is 3.03. The summed E-state index contributed by atoms with van der Waals surface area (Å²) in [5.74, 6) is -5.23. The van der Waals surface area contributed by atoms with E-state index in [1.165, 1.54) is 0 Å². The predicted octanol–water partition coefficient (Wildman–Crippen LogP) is 0.360. The molecule has 49 heavy (non-hydrogen) atoms. The number of anilines is 1. The Morgan fingerprint density at radius 1 is 0.918 bits per heavy atom. The molecular weight excluding hydrogens is 664 g/mol. The number of rotatable bonds is 17. The van der Waals surface area contributed by atoms with Gasteiger partial charge < -0.3 is 31.7 Å². The number of hydrogen-bond acceptors (Lipinski definition) is 10. The summed E-state index contributed by atoms with van der Waals surface area (Å²) in [5, 5.41) is 7.78. The number of carbonyl (C=O) groups is 7. The first kappa shape index (κ1) is 40.3. The lowest BCUT2D eigenvalue weighted by Gasteiger charge is -2.27. The maximum absolute atomic E-state index is 13.4. The number of benzene rings is 1. The van der Waals surface area contributed by atoms with Crippen molar-refractivity contribution in [2.45, 2.75) is 77.8 Å². The molecular formula is C31H44N6O11S. The zero-order valence-corrected chi connectivity index (χ0v) is 28.8. The van der Waals surface area contributed by atoms with Crippen LogP contribution in [0.25, 0.3) is 0 Å². The number of esters is 1. The number of nitrogens with one attached hydrogen (secondary N) is 4. The Bertz CT molecular complexity index is 1530. The molecule has 1 aliphatic heterocycles. The SMILES string of the molecule is CC(C)C(NC(=O)[C@H](CCN1C(=O)C=CC1=O)S(=O)(=O)O)C(=O)N[C@@H](CCCNC(N)=O)C(=O)Nc1ccc(COC(=O)C(C)(C)C)cc1. The molecule has 0 spiro atoms. The van der Waals surface area contributed by atoms with Crippen molar-refractivity contribution in [3.63, 3.8) is 0 Å². The molecule has 1 aliphatic rings. The van der Waals surface area contributed by atoms with E-state index in [2.05, 4.69) is 21.3 Å². The Kier molecular flexibility index (Phi) is 14.4. The van der Waals surface area contributed by atoms with Crippen molar-refractivity contribution in [2.75, 3.05) is 18.4 Å². The van der Waals surface area contributed by atoms with Gasteiger partial charge in [0.1, 0.15) is 18.7 Å². The number of carbonyl (C=O) groups excluding carboxylic acids is 7. The summed E-state index contributed by atoms with van der Waals surface area (Å²) in [4.78, 5) is 87.4. The van der Waals surface area contributed by atoms with Gasteiger partial charge in [0.25, 0.3) is 21.9 Å². The van der Waals surface area contributed by atoms with Crippen molar-refractivity contribution < 1.29 is 51.3 Å². The Hall–Kier alpha value is -4.84. The first-order valence-electron chi connectivity index (χ1n) is 15.4. The molecule has 7 amide bonds. The number of nitrogens with two attached hydrogens (primary N) is 1. The summed E-state index contributed by atoms with van der Waals surface area (Å²) in [5.41, 5.74) is 5.43. The summed E-state index contributed by atoms with van der Waals surface area (Å²) < 4.78 is 39.3. The largest absolute Gasteiger partial charge is 0.460 e. The van der Waals surface area contributed by atoms with Crippen LogP contribution in [-0.2, 0) is 50.2 Å². The Morgan fingerprint density at radius 2 is 1.51 bits per heavy atom. The molecule has 0 aliphatic carbocycles. The van der Waals surface area contributed by atoms with Crippen LogP contribution in [0.3, 0.4) is 0 Å². The molecule has 1 unspecified atom stereocenters. The van der Waals surface area contributed by atoms with Crippen LogP contribution in [0.2, 0.25) is 0 Å². The highest BCUT2D eigenvalue weighted by molar-refractivity contribution is 7.87. The minimum absolute atomic E-state index is 0.0109. The molecule has 0 saturated carbocycles. The number of ether oxygens (including phenoxy) is 1. The second-order valence-electron chi connectivity index (χ2n) is 12.7. The smallest absolute Gasteiger partial charge is 0.312 e. The second kappa shape index (κ2) is 17.5. The van der Waals surface area contributed by atoms with Gasteiger partial charge in [0.05, 0.1) is 5.41 Å². The standard InChI is InChI=1S/C31H44N6O11S/c1-18(2)25(36-27(41)22(49(45,46)47)14-16-37-23(38)12-13-24(37)39)28(42)35-21(7-6-15-33-30(32)44)26(40)34-20-10-8-19(9-11-20)17-48-29(43)31(3,4)5/h8-13,18,21-22,25H,6-7,14-17H2,1-5H3,(H,34,40)(H,35,42)(H,36,41)(H3,32,33,44)(H,45,46,47)/t21-,22-,25?/m0/s1. The molecule has 1 heterocycles. The zero-order valence-electron chi connectivity index (χ0n) is 28.0. The molecule has 270 valence electrons. The predicted molar refractivity (Wildman–Crippen MR) is 176 cm³/mol. The molecule has 7 N–H and O–H groups in total. The first-order valence-corrected chi connectivity index (χ1v) is 16.9. The van der Waals surface area contributed by atoms with Gasteiger partial charge in [0, 0.05) is 30.9 Å². The summed E-state index contributed by atoms with van der Waals surface area (Å²) in [7, 11) is -5.05. The molecule has 1 aromatic carbocycles. The van der Waals surface area contributed by atoms with E-state index in [-0.39, 0.29) is 32.0 Å². The molecule has 1 aromatic rings. The van der Waals surface area contributed by atoms with E-state index in [1.54, 1.807) is 58.9 Å². The fraction of sp³-hybridized carbons (Fsp3) is 0.516. The third-order valence-electron chi connectivity index (χ3n) is 7.22. The van der Waals surface area contributed by atoms with E-state index in [4.69, 9.17) is 10.5 Å². The minimum Gasteiger partial charge on any atom is -0.460 e. The molecule has 2 rings (SSSR count). The highest BCUT2D eigenvalue weighted by Crippen LogP contribution is 2.18. The highest BCUT2D eigenvalue weighted by atomic mass is 32.2. The quantitative estimate of drug-likeness (QED) is 0.0557. The van der Waals surface area contributed by atoms with Gasteiger partial charge in [-0.15, -0.1) is 0 Å². The summed E-state index contributed by atoms with van der Waals surface area (Å²) in [6.07, 6.45) is 1.51. The van der Waals surface area contributed by atoms with Crippen LogP contribution in [0.4, 0.5) is 10.5 Å². The molecule has 0 aromatic heterocycles. The second-order valence-corrected chi connectivity index (χ2v) is 14.3. The van der Waals surface area contributed by atoms with Crippen molar-refractivity contribution in [3.8, 4) is 0 Å². The van der Waals surface area contributed by atoms with Crippen LogP contribution >= 0.6 is 0 Å². The number of imide groups is 1. The Labute approximate surface area is 284 Å². The van der Waals surface area contributed by atoms with Crippen LogP contribution < -0.4 is 27.0 Å². The van der Waals surface area contributed by atoms with Gasteiger partial charge in [-0.1, -0.05) is 26.0 Å². The molecule has 0 saturated heterocycles. The van der Waals surface area contributed by atoms with Gasteiger partial charge >= 0.3 is 12.0 Å². The van der Waals surface area contributed by atoms with E-state index >= 15 is 0 Å². The molecule has 18 heteroatoms. The van der Waals surface area contributed by atoms with Crippen LogP contribution in [-0.4, -0.2) is 89.8 Å². The Morgan fingerprint density at radius 3 is 2.02 bits per heavy atom. The van der Waals surface area contributed by atoms with Crippen molar-refractivity contribution in [1.82, 2.24) is 20.9 Å². The van der Waals surface area contributed by atoms with Crippen molar-refractivity contribution in [2.24, 2.45) is 17.1 Å². The molecule has 17 nitrogen and oxygen atoms in total. The van der Waals surface area contributed by atoms with Gasteiger partial charge in [-0.25, -0.2) is 4.79 Å². The number of urea groups is 1. The highest BCUT2D eigenvalue weighted by Gasteiger charge is 2.37. The van der Waals surface area contributed by atoms with Gasteiger partial charge in [-0.2, -0.15) is 8.42 Å². The third-order valence-corrected chi connectivity index (χ3v) is 8.39. The topological polar surface area (TPSA) is 260 Å². The number of hydrogen-bond donors (Lipinski definition) is 6. The summed E-state index contributed by atoms with van der Waals surface area (Å²) in [6.45, 7) is 7.87. The minimum atomic E-state index is -5.05. The fourth-order valence-electron chi connectivity index (χ4n) is 4.42. The zero-order chi connectivity index (χ0) is 37.1. The molecule has 3 atom stereocenters.